The van der Waals surface area contributed by atoms with Crippen LogP contribution in [0, 0.1) is 5.92 Å². The quantitative estimate of drug-likeness (QED) is 0.589. The van der Waals surface area contributed by atoms with Crippen molar-refractivity contribution in [1.82, 2.24) is 25.8 Å². The van der Waals surface area contributed by atoms with Crippen molar-refractivity contribution >= 4 is 0 Å². The highest BCUT2D eigenvalue weighted by atomic mass is 15.1. The molecule has 0 fully saturated rings. The van der Waals surface area contributed by atoms with E-state index in [-0.39, 0.29) is 0 Å². The molecule has 0 saturated heterocycles. The molecule has 1 unspecified atom stereocenters. The molecule has 1 atom stereocenters. The SMILES string of the molecule is C1=CC2CCN(Cc3ccc(CNCc4ccccn4)cc3)CCNCCNCC/C=C\C(=C1)C2. The summed E-state index contributed by atoms with van der Waals surface area (Å²) in [5, 5.41) is 10.6. The fourth-order valence-corrected chi connectivity index (χ4v) is 4.66. The Morgan fingerprint density at radius 1 is 0.914 bits per heavy atom. The van der Waals surface area contributed by atoms with Crippen molar-refractivity contribution in [2.45, 2.75) is 38.9 Å². The molecular weight excluding hydrogens is 430 g/mol. The second-order valence-electron chi connectivity index (χ2n) is 9.59. The molecule has 0 amide bonds. The second kappa shape index (κ2) is 14.7. The molecule has 1 aromatic carbocycles. The third kappa shape index (κ3) is 9.54. The van der Waals surface area contributed by atoms with Gasteiger partial charge in [0.2, 0.25) is 0 Å². The van der Waals surface area contributed by atoms with E-state index in [0.29, 0.717) is 5.92 Å². The zero-order valence-electron chi connectivity index (χ0n) is 21.0. The molecule has 0 spiro atoms. The number of pyridine rings is 1. The van der Waals surface area contributed by atoms with Crippen LogP contribution >= 0.6 is 0 Å². The van der Waals surface area contributed by atoms with Crippen LogP contribution < -0.4 is 16.0 Å². The standard InChI is InChI=1S/C30H41N5/c1-3-15-31-17-18-32-19-21-35(20-14-27-8-5-7-26(6-1)22-27)25-29-12-10-28(11-13-29)23-33-24-30-9-2-4-16-34-30/h1-2,4-13,16,27,31-33H,3,14-15,17-25H2/b6-1-. The number of nitrogens with one attached hydrogen (secondary N) is 3. The summed E-state index contributed by atoms with van der Waals surface area (Å²) in [6.07, 6.45) is 16.9. The molecule has 2 aromatic rings. The first-order valence-electron chi connectivity index (χ1n) is 13.2. The first kappa shape index (κ1) is 25.5. The van der Waals surface area contributed by atoms with Crippen molar-refractivity contribution in [3.63, 3.8) is 0 Å². The van der Waals surface area contributed by atoms with Gasteiger partial charge in [-0.2, -0.15) is 0 Å². The van der Waals surface area contributed by atoms with Gasteiger partial charge in [-0.1, -0.05) is 60.7 Å². The summed E-state index contributed by atoms with van der Waals surface area (Å²) in [5.41, 5.74) is 5.24. The predicted molar refractivity (Wildman–Crippen MR) is 146 cm³/mol. The first-order valence-corrected chi connectivity index (χ1v) is 13.2. The summed E-state index contributed by atoms with van der Waals surface area (Å²) in [6.45, 7) is 8.98. The van der Waals surface area contributed by atoms with E-state index < -0.39 is 0 Å². The number of fused-ring (bicyclic) bond motifs is 2. The van der Waals surface area contributed by atoms with E-state index in [1.54, 1.807) is 0 Å². The van der Waals surface area contributed by atoms with Gasteiger partial charge in [-0.05, 0) is 67.1 Å². The number of allylic oxidation sites excluding steroid dienone is 5. The Morgan fingerprint density at radius 3 is 2.63 bits per heavy atom. The molecule has 5 heteroatoms. The van der Waals surface area contributed by atoms with Gasteiger partial charge in [0.25, 0.3) is 0 Å². The summed E-state index contributed by atoms with van der Waals surface area (Å²) in [5.74, 6) is 0.633. The van der Waals surface area contributed by atoms with E-state index in [1.807, 2.05) is 18.3 Å². The van der Waals surface area contributed by atoms with Crippen LogP contribution in [-0.2, 0) is 19.6 Å². The van der Waals surface area contributed by atoms with Gasteiger partial charge < -0.3 is 16.0 Å². The Balaban J connectivity index is 1.29. The summed E-state index contributed by atoms with van der Waals surface area (Å²) >= 11 is 0. The Kier molecular flexibility index (Phi) is 10.8. The molecule has 0 radical (unpaired) electrons. The molecule has 2 aliphatic rings. The van der Waals surface area contributed by atoms with Crippen molar-refractivity contribution in [3.8, 4) is 0 Å². The second-order valence-corrected chi connectivity index (χ2v) is 9.59. The van der Waals surface area contributed by atoms with E-state index in [1.165, 1.54) is 23.1 Å². The highest BCUT2D eigenvalue weighted by Crippen LogP contribution is 2.23. The van der Waals surface area contributed by atoms with E-state index in [2.05, 4.69) is 86.5 Å². The normalized spacial score (nSPS) is 21.4. The smallest absolute Gasteiger partial charge is 0.0541 e. The van der Waals surface area contributed by atoms with Crippen molar-refractivity contribution in [2.24, 2.45) is 5.92 Å². The average molecular weight is 472 g/mol. The molecule has 1 aromatic heterocycles. The van der Waals surface area contributed by atoms with Crippen LogP contribution in [0.4, 0.5) is 0 Å². The van der Waals surface area contributed by atoms with Crippen LogP contribution in [0.5, 0.6) is 0 Å². The van der Waals surface area contributed by atoms with Gasteiger partial charge in [0.05, 0.1) is 5.69 Å². The summed E-state index contributed by atoms with van der Waals surface area (Å²) in [7, 11) is 0. The number of benzene rings is 1. The van der Waals surface area contributed by atoms with Gasteiger partial charge in [0.15, 0.2) is 0 Å². The van der Waals surface area contributed by atoms with Gasteiger partial charge >= 0.3 is 0 Å². The zero-order chi connectivity index (χ0) is 24.0. The van der Waals surface area contributed by atoms with Crippen molar-refractivity contribution < 1.29 is 0 Å². The number of nitrogens with zero attached hydrogens (tertiary/aromatic N) is 2. The fraction of sp³-hybridized carbons (Fsp3) is 0.433. The van der Waals surface area contributed by atoms with E-state index in [0.717, 1.165) is 77.4 Å². The largest absolute Gasteiger partial charge is 0.315 e. The van der Waals surface area contributed by atoms with Gasteiger partial charge in [-0.25, -0.2) is 0 Å². The van der Waals surface area contributed by atoms with Crippen LogP contribution in [0.25, 0.3) is 0 Å². The lowest BCUT2D eigenvalue weighted by Gasteiger charge is -2.26. The highest BCUT2D eigenvalue weighted by Gasteiger charge is 2.13. The first-order chi connectivity index (χ1) is 17.3. The van der Waals surface area contributed by atoms with Crippen molar-refractivity contribution in [2.75, 3.05) is 39.3 Å². The monoisotopic (exact) mass is 471 g/mol. The topological polar surface area (TPSA) is 52.2 Å². The minimum Gasteiger partial charge on any atom is -0.315 e. The third-order valence-corrected chi connectivity index (χ3v) is 6.70. The van der Waals surface area contributed by atoms with Gasteiger partial charge in [0, 0.05) is 52.0 Å². The summed E-state index contributed by atoms with van der Waals surface area (Å²) in [6, 6.07) is 15.1. The molecule has 4 rings (SSSR count). The molecule has 3 N–H and O–H groups in total. The number of hydrogen-bond acceptors (Lipinski definition) is 5. The lowest BCUT2D eigenvalue weighted by atomic mass is 9.91. The molecule has 0 saturated carbocycles. The number of aromatic nitrogens is 1. The maximum absolute atomic E-state index is 4.38. The minimum absolute atomic E-state index is 0.633. The summed E-state index contributed by atoms with van der Waals surface area (Å²) in [4.78, 5) is 6.99. The molecule has 186 valence electrons. The highest BCUT2D eigenvalue weighted by molar-refractivity contribution is 5.28. The van der Waals surface area contributed by atoms with Crippen LogP contribution in [0.2, 0.25) is 0 Å². The molecule has 2 bridgehead atoms. The molecule has 35 heavy (non-hydrogen) atoms. The zero-order valence-corrected chi connectivity index (χ0v) is 21.0. The Hall–Kier alpha value is -2.57. The van der Waals surface area contributed by atoms with E-state index in [9.17, 15) is 0 Å². The van der Waals surface area contributed by atoms with E-state index in [4.69, 9.17) is 0 Å². The fourth-order valence-electron chi connectivity index (χ4n) is 4.66. The van der Waals surface area contributed by atoms with Gasteiger partial charge in [0.1, 0.15) is 0 Å². The third-order valence-electron chi connectivity index (χ3n) is 6.70. The minimum atomic E-state index is 0.633. The van der Waals surface area contributed by atoms with Crippen LogP contribution in [0.15, 0.2) is 84.6 Å². The molecule has 5 nitrogen and oxygen atoms in total. The molecule has 2 heterocycles. The van der Waals surface area contributed by atoms with Crippen molar-refractivity contribution in [3.05, 3.63) is 101 Å². The summed E-state index contributed by atoms with van der Waals surface area (Å²) < 4.78 is 0. The predicted octanol–water partition coefficient (Wildman–Crippen LogP) is 4.21. The lowest BCUT2D eigenvalue weighted by Crippen LogP contribution is -2.36. The van der Waals surface area contributed by atoms with Crippen LogP contribution in [0.1, 0.15) is 36.1 Å². The lowest BCUT2D eigenvalue weighted by molar-refractivity contribution is 0.250. The Labute approximate surface area is 211 Å². The molecular formula is C30H41N5. The Morgan fingerprint density at radius 2 is 1.77 bits per heavy atom. The van der Waals surface area contributed by atoms with Crippen LogP contribution in [0.3, 0.4) is 0 Å². The molecule has 1 aliphatic carbocycles. The van der Waals surface area contributed by atoms with Crippen molar-refractivity contribution in [1.29, 1.82) is 0 Å². The van der Waals surface area contributed by atoms with Gasteiger partial charge in [-0.3, -0.25) is 9.88 Å². The average Bonchev–Trinajstić information content (AvgIpc) is 2.89. The maximum atomic E-state index is 4.38. The number of rotatable bonds is 6. The Bertz CT molecular complexity index is 948. The molecule has 1 aliphatic heterocycles. The number of hydrogen-bond donors (Lipinski definition) is 3. The van der Waals surface area contributed by atoms with Crippen LogP contribution in [-0.4, -0.2) is 49.2 Å². The van der Waals surface area contributed by atoms with Gasteiger partial charge in [-0.15, -0.1) is 0 Å². The maximum Gasteiger partial charge on any atom is 0.0541 e. The van der Waals surface area contributed by atoms with E-state index >= 15 is 0 Å².